The molecule has 7 heteroatoms. The molecule has 0 spiro atoms. The molecule has 0 saturated heterocycles. The number of nitrogens with one attached hydrogen (secondary N) is 1. The molecule has 2 rings (SSSR count). The third-order valence-electron chi connectivity index (χ3n) is 2.37. The molecular weight excluding hydrogens is 218 g/mol. The molecule has 0 fully saturated rings. The molecular formula is C10H15N7. The van der Waals surface area contributed by atoms with Gasteiger partial charge in [0.05, 0.1) is 29.8 Å². The van der Waals surface area contributed by atoms with Gasteiger partial charge in [0.1, 0.15) is 0 Å². The maximum Gasteiger partial charge on any atom is 0.243 e. The summed E-state index contributed by atoms with van der Waals surface area (Å²) >= 11 is 0. The molecule has 0 aliphatic rings. The highest BCUT2D eigenvalue weighted by molar-refractivity contribution is 5.30. The molecule has 0 atom stereocenters. The first kappa shape index (κ1) is 11.3. The predicted molar refractivity (Wildman–Crippen MR) is 64.4 cm³/mol. The molecule has 7 nitrogen and oxygen atoms in total. The summed E-state index contributed by atoms with van der Waals surface area (Å²) in [5, 5.41) is 15.1. The number of nitrogens with zero attached hydrogens (tertiary/aromatic N) is 5. The molecule has 0 radical (unpaired) electrons. The van der Waals surface area contributed by atoms with Crippen LogP contribution >= 0.6 is 0 Å². The zero-order valence-corrected chi connectivity index (χ0v) is 9.88. The first-order valence-electron chi connectivity index (χ1n) is 5.35. The van der Waals surface area contributed by atoms with E-state index in [-0.39, 0.29) is 0 Å². The van der Waals surface area contributed by atoms with Gasteiger partial charge >= 0.3 is 0 Å². The minimum Gasteiger partial charge on any atom is -0.396 e. The zero-order valence-electron chi connectivity index (χ0n) is 9.88. The van der Waals surface area contributed by atoms with Crippen LogP contribution in [0.1, 0.15) is 11.4 Å². The molecule has 0 aliphatic carbocycles. The maximum atomic E-state index is 5.56. The minimum absolute atomic E-state index is 0.535. The Bertz CT molecular complexity index is 505. The Morgan fingerprint density at radius 2 is 2.12 bits per heavy atom. The molecule has 90 valence electrons. The Kier molecular flexibility index (Phi) is 3.17. The number of aryl methyl sites for hydroxylation is 2. The van der Waals surface area contributed by atoms with Crippen LogP contribution in [0.25, 0.3) is 0 Å². The van der Waals surface area contributed by atoms with Crippen molar-refractivity contribution < 1.29 is 0 Å². The molecule has 0 saturated carbocycles. The average molecular weight is 233 g/mol. The maximum absolute atomic E-state index is 5.56. The standard InChI is InChI=1S/C10H15N7/c1-7-8(2)15-16-10(14-7)12-3-4-17-6-9(11)5-13-17/h5-6H,3-4,11H2,1-2H3,(H,12,14,16). The molecule has 0 amide bonds. The number of anilines is 2. The van der Waals surface area contributed by atoms with Crippen LogP contribution in [0.3, 0.4) is 0 Å². The molecule has 2 aromatic heterocycles. The summed E-state index contributed by atoms with van der Waals surface area (Å²) in [5.41, 5.74) is 7.94. The van der Waals surface area contributed by atoms with Gasteiger partial charge in [0.25, 0.3) is 0 Å². The topological polar surface area (TPSA) is 94.5 Å². The van der Waals surface area contributed by atoms with Crippen LogP contribution in [-0.2, 0) is 6.54 Å². The third kappa shape index (κ3) is 2.90. The van der Waals surface area contributed by atoms with Crippen molar-refractivity contribution in [3.05, 3.63) is 23.8 Å². The fraction of sp³-hybridized carbons (Fsp3) is 0.400. The molecule has 2 aromatic rings. The van der Waals surface area contributed by atoms with E-state index >= 15 is 0 Å². The molecule has 0 unspecified atom stereocenters. The Balaban J connectivity index is 1.87. The number of nitrogen functional groups attached to an aromatic ring is 1. The van der Waals surface area contributed by atoms with Crippen molar-refractivity contribution in [1.29, 1.82) is 0 Å². The summed E-state index contributed by atoms with van der Waals surface area (Å²) in [6.45, 7) is 5.16. The SMILES string of the molecule is Cc1nnc(NCCn2cc(N)cn2)nc1C. The fourth-order valence-electron chi connectivity index (χ4n) is 1.32. The lowest BCUT2D eigenvalue weighted by molar-refractivity contribution is 0.635. The van der Waals surface area contributed by atoms with Gasteiger partial charge in [-0.15, -0.1) is 5.10 Å². The van der Waals surface area contributed by atoms with Crippen molar-refractivity contribution in [3.63, 3.8) is 0 Å². The monoisotopic (exact) mass is 233 g/mol. The normalized spacial score (nSPS) is 10.5. The molecule has 0 bridgehead atoms. The quantitative estimate of drug-likeness (QED) is 0.792. The summed E-state index contributed by atoms with van der Waals surface area (Å²) < 4.78 is 1.76. The molecule has 0 aliphatic heterocycles. The molecule has 17 heavy (non-hydrogen) atoms. The van der Waals surface area contributed by atoms with Gasteiger partial charge in [-0.25, -0.2) is 4.98 Å². The van der Waals surface area contributed by atoms with E-state index in [9.17, 15) is 0 Å². The highest BCUT2D eigenvalue weighted by Gasteiger charge is 2.00. The fourth-order valence-corrected chi connectivity index (χ4v) is 1.32. The van der Waals surface area contributed by atoms with Gasteiger partial charge in [-0.1, -0.05) is 0 Å². The summed E-state index contributed by atoms with van der Waals surface area (Å²) in [7, 11) is 0. The van der Waals surface area contributed by atoms with Crippen molar-refractivity contribution in [2.45, 2.75) is 20.4 Å². The first-order valence-corrected chi connectivity index (χ1v) is 5.35. The van der Waals surface area contributed by atoms with Gasteiger partial charge in [-0.05, 0) is 13.8 Å². The Hall–Kier alpha value is -2.18. The summed E-state index contributed by atoms with van der Waals surface area (Å²) in [4.78, 5) is 4.27. The predicted octanol–water partition coefficient (Wildman–Crippen LogP) is 0.379. The summed E-state index contributed by atoms with van der Waals surface area (Å²) in [5.74, 6) is 0.535. The highest BCUT2D eigenvalue weighted by atomic mass is 15.3. The van der Waals surface area contributed by atoms with Crippen LogP contribution in [0.2, 0.25) is 0 Å². The van der Waals surface area contributed by atoms with Crippen LogP contribution in [0.4, 0.5) is 11.6 Å². The molecule has 3 N–H and O–H groups in total. The Labute approximate surface area is 99.1 Å². The van der Waals surface area contributed by atoms with Crippen LogP contribution in [0.15, 0.2) is 12.4 Å². The lowest BCUT2D eigenvalue weighted by Gasteiger charge is -2.05. The van der Waals surface area contributed by atoms with Crippen LogP contribution < -0.4 is 11.1 Å². The van der Waals surface area contributed by atoms with E-state index in [0.29, 0.717) is 24.7 Å². The third-order valence-corrected chi connectivity index (χ3v) is 2.37. The van der Waals surface area contributed by atoms with Gasteiger partial charge < -0.3 is 11.1 Å². The van der Waals surface area contributed by atoms with E-state index < -0.39 is 0 Å². The van der Waals surface area contributed by atoms with Crippen molar-refractivity contribution in [3.8, 4) is 0 Å². The number of hydrogen-bond donors (Lipinski definition) is 2. The van der Waals surface area contributed by atoms with Crippen molar-refractivity contribution in [1.82, 2.24) is 25.0 Å². The van der Waals surface area contributed by atoms with E-state index in [2.05, 4.69) is 25.6 Å². The van der Waals surface area contributed by atoms with Gasteiger partial charge in [0.2, 0.25) is 5.95 Å². The number of nitrogens with two attached hydrogens (primary N) is 1. The molecule has 0 aromatic carbocycles. The van der Waals surface area contributed by atoms with E-state index in [1.165, 1.54) is 0 Å². The van der Waals surface area contributed by atoms with Crippen molar-refractivity contribution in [2.24, 2.45) is 0 Å². The second-order valence-corrected chi connectivity index (χ2v) is 3.77. The van der Waals surface area contributed by atoms with Gasteiger partial charge in [-0.2, -0.15) is 10.2 Å². The first-order chi connectivity index (χ1) is 8.15. The smallest absolute Gasteiger partial charge is 0.243 e. The van der Waals surface area contributed by atoms with Gasteiger partial charge in [0, 0.05) is 12.7 Å². The summed E-state index contributed by atoms with van der Waals surface area (Å²) in [6.07, 6.45) is 3.40. The number of rotatable bonds is 4. The minimum atomic E-state index is 0.535. The second-order valence-electron chi connectivity index (χ2n) is 3.77. The number of aromatic nitrogens is 5. The van der Waals surface area contributed by atoms with Crippen LogP contribution in [0.5, 0.6) is 0 Å². The lowest BCUT2D eigenvalue weighted by Crippen LogP contribution is -2.13. The Morgan fingerprint density at radius 1 is 1.29 bits per heavy atom. The van der Waals surface area contributed by atoms with Crippen molar-refractivity contribution >= 4 is 11.6 Å². The van der Waals surface area contributed by atoms with E-state index in [0.717, 1.165) is 11.4 Å². The van der Waals surface area contributed by atoms with E-state index in [4.69, 9.17) is 5.73 Å². The highest BCUT2D eigenvalue weighted by Crippen LogP contribution is 2.02. The lowest BCUT2D eigenvalue weighted by atomic mass is 10.4. The van der Waals surface area contributed by atoms with Crippen LogP contribution in [-0.4, -0.2) is 31.5 Å². The molecule has 2 heterocycles. The number of hydrogen-bond acceptors (Lipinski definition) is 6. The summed E-state index contributed by atoms with van der Waals surface area (Å²) in [6, 6.07) is 0. The van der Waals surface area contributed by atoms with Gasteiger partial charge in [0.15, 0.2) is 0 Å². The Morgan fingerprint density at radius 3 is 2.76 bits per heavy atom. The zero-order chi connectivity index (χ0) is 12.3. The van der Waals surface area contributed by atoms with Crippen LogP contribution in [0, 0.1) is 13.8 Å². The second kappa shape index (κ2) is 4.77. The van der Waals surface area contributed by atoms with E-state index in [1.807, 2.05) is 13.8 Å². The average Bonchev–Trinajstić information content (AvgIpc) is 2.70. The van der Waals surface area contributed by atoms with Crippen molar-refractivity contribution in [2.75, 3.05) is 17.6 Å². The van der Waals surface area contributed by atoms with E-state index in [1.54, 1.807) is 17.1 Å². The largest absolute Gasteiger partial charge is 0.396 e. The van der Waals surface area contributed by atoms with Gasteiger partial charge in [-0.3, -0.25) is 4.68 Å².